The first-order chi connectivity index (χ1) is 10.2. The largest absolute Gasteiger partial charge is 0.479 e. The number of ether oxygens (including phenoxy) is 1. The maximum atomic E-state index is 12.0. The average Bonchev–Trinajstić information content (AvgIpc) is 3.00. The minimum atomic E-state index is -0.997. The number of hydrogen-bond acceptors (Lipinski definition) is 4. The van der Waals surface area contributed by atoms with Gasteiger partial charge in [-0.15, -0.1) is 11.3 Å². The van der Waals surface area contributed by atoms with E-state index in [1.807, 2.05) is 0 Å². The number of rotatable bonds is 7. The first-order valence-electron chi connectivity index (χ1n) is 7.31. The van der Waals surface area contributed by atoms with Gasteiger partial charge in [0.1, 0.15) is 0 Å². The third-order valence-corrected chi connectivity index (χ3v) is 4.52. The van der Waals surface area contributed by atoms with Crippen LogP contribution >= 0.6 is 11.3 Å². The molecule has 6 heteroatoms. The molecule has 2 rings (SSSR count). The van der Waals surface area contributed by atoms with Gasteiger partial charge in [-0.25, -0.2) is 4.79 Å². The van der Waals surface area contributed by atoms with E-state index in [9.17, 15) is 9.59 Å². The molecule has 1 amide bonds. The summed E-state index contributed by atoms with van der Waals surface area (Å²) >= 11 is 1.77. The Morgan fingerprint density at radius 3 is 2.95 bits per heavy atom. The van der Waals surface area contributed by atoms with Crippen molar-refractivity contribution in [3.63, 3.8) is 0 Å². The molecule has 0 spiro atoms. The van der Waals surface area contributed by atoms with E-state index in [4.69, 9.17) is 9.84 Å². The Hall–Kier alpha value is -1.40. The SMILES string of the molecule is O=C(O)[C@@H]1CN(C(=O)CCCCCc2cccs2)CCO1. The van der Waals surface area contributed by atoms with Gasteiger partial charge >= 0.3 is 5.97 Å². The fraction of sp³-hybridized carbons (Fsp3) is 0.600. The number of unbranched alkanes of at least 4 members (excludes halogenated alkanes) is 2. The van der Waals surface area contributed by atoms with E-state index in [0.717, 1.165) is 25.7 Å². The average molecular weight is 311 g/mol. The van der Waals surface area contributed by atoms with Crippen molar-refractivity contribution in [3.05, 3.63) is 22.4 Å². The molecule has 1 N–H and O–H groups in total. The van der Waals surface area contributed by atoms with Crippen LogP contribution in [-0.2, 0) is 20.7 Å². The van der Waals surface area contributed by atoms with Crippen LogP contribution in [0, 0.1) is 0 Å². The summed E-state index contributed by atoms with van der Waals surface area (Å²) in [5.74, 6) is -0.955. The zero-order valence-electron chi connectivity index (χ0n) is 12.0. The second kappa shape index (κ2) is 8.14. The summed E-state index contributed by atoms with van der Waals surface area (Å²) in [5.41, 5.74) is 0. The first-order valence-corrected chi connectivity index (χ1v) is 8.19. The van der Waals surface area contributed by atoms with Crippen LogP contribution in [0.2, 0.25) is 0 Å². The fourth-order valence-electron chi connectivity index (χ4n) is 2.39. The standard InChI is InChI=1S/C15H21NO4S/c17-14(16-8-9-20-13(11-16)15(18)19)7-3-1-2-5-12-6-4-10-21-12/h4,6,10,13H,1-3,5,7-9,11H2,(H,18,19)/t13-/m0/s1. The van der Waals surface area contributed by atoms with Crippen molar-refractivity contribution in [3.8, 4) is 0 Å². The molecule has 0 aliphatic carbocycles. The van der Waals surface area contributed by atoms with Gasteiger partial charge in [0.25, 0.3) is 0 Å². The zero-order chi connectivity index (χ0) is 15.1. The van der Waals surface area contributed by atoms with Crippen LogP contribution in [0.5, 0.6) is 0 Å². The molecule has 0 aromatic carbocycles. The molecule has 2 heterocycles. The number of aryl methyl sites for hydroxylation is 1. The number of nitrogens with zero attached hydrogens (tertiary/aromatic N) is 1. The lowest BCUT2D eigenvalue weighted by Crippen LogP contribution is -2.48. The highest BCUT2D eigenvalue weighted by molar-refractivity contribution is 7.09. The predicted octanol–water partition coefficient (Wildman–Crippen LogP) is 2.16. The number of amides is 1. The lowest BCUT2D eigenvalue weighted by Gasteiger charge is -2.30. The lowest BCUT2D eigenvalue weighted by atomic mass is 10.1. The molecule has 0 radical (unpaired) electrons. The number of carbonyl (C=O) groups excluding carboxylic acids is 1. The Balaban J connectivity index is 1.61. The maximum absolute atomic E-state index is 12.0. The van der Waals surface area contributed by atoms with Gasteiger partial charge in [-0.3, -0.25) is 4.79 Å². The molecule has 1 fully saturated rings. The third kappa shape index (κ3) is 5.13. The number of carboxylic acids is 1. The molecule has 21 heavy (non-hydrogen) atoms. The van der Waals surface area contributed by atoms with E-state index in [0.29, 0.717) is 19.6 Å². The molecule has 1 aromatic heterocycles. The smallest absolute Gasteiger partial charge is 0.334 e. The van der Waals surface area contributed by atoms with Gasteiger partial charge in [0.05, 0.1) is 13.2 Å². The normalized spacial score (nSPS) is 18.7. The van der Waals surface area contributed by atoms with Crippen LogP contribution in [0.4, 0.5) is 0 Å². The Morgan fingerprint density at radius 2 is 2.24 bits per heavy atom. The van der Waals surface area contributed by atoms with Gasteiger partial charge in [-0.2, -0.15) is 0 Å². The van der Waals surface area contributed by atoms with Crippen molar-refractivity contribution in [2.75, 3.05) is 19.7 Å². The molecule has 1 aliphatic rings. The van der Waals surface area contributed by atoms with E-state index < -0.39 is 12.1 Å². The molecule has 1 aliphatic heterocycles. The van der Waals surface area contributed by atoms with Crippen molar-refractivity contribution in [2.45, 2.75) is 38.2 Å². The minimum absolute atomic E-state index is 0.0423. The van der Waals surface area contributed by atoms with Gasteiger partial charge < -0.3 is 14.7 Å². The van der Waals surface area contributed by atoms with E-state index in [2.05, 4.69) is 17.5 Å². The molecule has 116 valence electrons. The second-order valence-electron chi connectivity index (χ2n) is 5.18. The summed E-state index contributed by atoms with van der Waals surface area (Å²) < 4.78 is 5.11. The zero-order valence-corrected chi connectivity index (χ0v) is 12.8. The van der Waals surface area contributed by atoms with Gasteiger partial charge in [0, 0.05) is 17.8 Å². The molecule has 1 aromatic rings. The highest BCUT2D eigenvalue weighted by Gasteiger charge is 2.28. The summed E-state index contributed by atoms with van der Waals surface area (Å²) in [4.78, 5) is 25.9. The monoisotopic (exact) mass is 311 g/mol. The quantitative estimate of drug-likeness (QED) is 0.784. The number of morpholine rings is 1. The lowest BCUT2D eigenvalue weighted by molar-refractivity contribution is -0.159. The fourth-order valence-corrected chi connectivity index (χ4v) is 3.14. The Bertz CT molecular complexity index is 460. The molecule has 0 saturated carbocycles. The molecular weight excluding hydrogens is 290 g/mol. The Kier molecular flexibility index (Phi) is 6.20. The highest BCUT2D eigenvalue weighted by atomic mass is 32.1. The summed E-state index contributed by atoms with van der Waals surface area (Å²) in [5, 5.41) is 11.0. The number of thiophene rings is 1. The van der Waals surface area contributed by atoms with Crippen molar-refractivity contribution < 1.29 is 19.4 Å². The van der Waals surface area contributed by atoms with Crippen LogP contribution in [0.1, 0.15) is 30.6 Å². The number of carbonyl (C=O) groups is 2. The van der Waals surface area contributed by atoms with Gasteiger partial charge in [-0.05, 0) is 30.7 Å². The molecular formula is C15H21NO4S. The van der Waals surface area contributed by atoms with Crippen LogP contribution in [0.15, 0.2) is 17.5 Å². The number of carboxylic acid groups (broad SMARTS) is 1. The van der Waals surface area contributed by atoms with Gasteiger partial charge in [0.2, 0.25) is 5.91 Å². The van der Waals surface area contributed by atoms with Crippen molar-refractivity contribution >= 4 is 23.2 Å². The maximum Gasteiger partial charge on any atom is 0.334 e. The van der Waals surface area contributed by atoms with Crippen molar-refractivity contribution in [2.24, 2.45) is 0 Å². The van der Waals surface area contributed by atoms with E-state index >= 15 is 0 Å². The Labute approximate surface area is 128 Å². The van der Waals surface area contributed by atoms with E-state index in [1.54, 1.807) is 16.2 Å². The Morgan fingerprint density at radius 1 is 1.38 bits per heavy atom. The van der Waals surface area contributed by atoms with Crippen LogP contribution < -0.4 is 0 Å². The van der Waals surface area contributed by atoms with Crippen LogP contribution in [0.3, 0.4) is 0 Å². The molecule has 1 atom stereocenters. The molecule has 5 nitrogen and oxygen atoms in total. The van der Waals surface area contributed by atoms with E-state index in [-0.39, 0.29) is 12.5 Å². The number of hydrogen-bond donors (Lipinski definition) is 1. The van der Waals surface area contributed by atoms with Crippen molar-refractivity contribution in [1.29, 1.82) is 0 Å². The number of aliphatic carboxylic acids is 1. The first kappa shape index (κ1) is 16.0. The molecule has 1 saturated heterocycles. The summed E-state index contributed by atoms with van der Waals surface area (Å²) in [6, 6.07) is 4.19. The highest BCUT2D eigenvalue weighted by Crippen LogP contribution is 2.14. The van der Waals surface area contributed by atoms with Gasteiger partial charge in [0.15, 0.2) is 6.10 Å². The minimum Gasteiger partial charge on any atom is -0.479 e. The third-order valence-electron chi connectivity index (χ3n) is 3.59. The van der Waals surface area contributed by atoms with Crippen LogP contribution in [-0.4, -0.2) is 47.7 Å². The topological polar surface area (TPSA) is 66.8 Å². The van der Waals surface area contributed by atoms with E-state index in [1.165, 1.54) is 4.88 Å². The summed E-state index contributed by atoms with van der Waals surface area (Å²) in [6.07, 6.45) is 3.67. The molecule has 0 unspecified atom stereocenters. The summed E-state index contributed by atoms with van der Waals surface area (Å²) in [7, 11) is 0. The second-order valence-corrected chi connectivity index (χ2v) is 6.21. The molecule has 0 bridgehead atoms. The van der Waals surface area contributed by atoms with Crippen molar-refractivity contribution in [1.82, 2.24) is 4.90 Å². The van der Waals surface area contributed by atoms with Crippen LogP contribution in [0.25, 0.3) is 0 Å². The van der Waals surface area contributed by atoms with Gasteiger partial charge in [-0.1, -0.05) is 12.5 Å². The predicted molar refractivity (Wildman–Crippen MR) is 80.4 cm³/mol. The summed E-state index contributed by atoms with van der Waals surface area (Å²) in [6.45, 7) is 0.974.